The van der Waals surface area contributed by atoms with Crippen molar-refractivity contribution < 1.29 is 24.1 Å². The van der Waals surface area contributed by atoms with Crippen LogP contribution in [0.15, 0.2) is 54.6 Å². The van der Waals surface area contributed by atoms with E-state index in [-0.39, 0.29) is 17.1 Å². The third-order valence-electron chi connectivity index (χ3n) is 9.06. The van der Waals surface area contributed by atoms with Crippen molar-refractivity contribution in [2.75, 3.05) is 26.8 Å². The van der Waals surface area contributed by atoms with Crippen LogP contribution in [-0.2, 0) is 29.8 Å². The van der Waals surface area contributed by atoms with Gasteiger partial charge in [0.05, 0.1) is 48.6 Å². The third kappa shape index (κ3) is 5.10. The quantitative estimate of drug-likeness (QED) is 0.266. The molecule has 0 spiro atoms. The minimum absolute atomic E-state index is 0.0874. The summed E-state index contributed by atoms with van der Waals surface area (Å²) >= 11 is 6.10. The number of rotatable bonds is 10. The predicted molar refractivity (Wildman–Crippen MR) is 157 cm³/mol. The summed E-state index contributed by atoms with van der Waals surface area (Å²) in [6.45, 7) is 4.44. The van der Waals surface area contributed by atoms with Gasteiger partial charge in [0.25, 0.3) is 0 Å². The zero-order chi connectivity index (χ0) is 28.8. The van der Waals surface area contributed by atoms with Gasteiger partial charge in [-0.05, 0) is 68.1 Å². The Kier molecular flexibility index (Phi) is 7.04. The number of carbonyl (C=O) groups is 1. The van der Waals surface area contributed by atoms with Crippen LogP contribution in [0.1, 0.15) is 46.7 Å². The van der Waals surface area contributed by atoms with Gasteiger partial charge in [-0.25, -0.2) is 14.8 Å². The van der Waals surface area contributed by atoms with Gasteiger partial charge in [-0.1, -0.05) is 23.7 Å². The number of nitrogens with zero attached hydrogens (tertiary/aromatic N) is 4. The second-order valence-corrected chi connectivity index (χ2v) is 12.0. The fraction of sp³-hybridized carbons (Fsp3) is 0.406. The zero-order valence-electron chi connectivity index (χ0n) is 23.5. The number of imidazole rings is 1. The van der Waals surface area contributed by atoms with Crippen molar-refractivity contribution in [1.29, 1.82) is 0 Å². The van der Waals surface area contributed by atoms with Crippen molar-refractivity contribution in [3.63, 3.8) is 0 Å². The van der Waals surface area contributed by atoms with Crippen LogP contribution in [0, 0.1) is 5.92 Å². The molecule has 1 aliphatic carbocycles. The van der Waals surface area contributed by atoms with Crippen molar-refractivity contribution in [2.24, 2.45) is 5.92 Å². The molecule has 1 saturated carbocycles. The van der Waals surface area contributed by atoms with Gasteiger partial charge in [0.1, 0.15) is 18.2 Å². The van der Waals surface area contributed by atoms with E-state index >= 15 is 0 Å². The molecule has 1 N–H and O–H groups in total. The lowest BCUT2D eigenvalue weighted by molar-refractivity contribution is -0.0592. The summed E-state index contributed by atoms with van der Waals surface area (Å²) in [4.78, 5) is 24.0. The summed E-state index contributed by atoms with van der Waals surface area (Å²) in [7, 11) is 1.63. The van der Waals surface area contributed by atoms with Crippen LogP contribution in [0.3, 0.4) is 0 Å². The smallest absolute Gasteiger partial charge is 0.335 e. The standard InChI is InChI=1S/C32H33ClN4O5/c1-40-27-14-23(33)7-5-21(27)19-42-30-4-2-3-28(35-30)32-10-11-36(16-22(32)15-32)18-29-34-25-8-6-20(31(38)39)13-26(25)37(29)17-24-9-12-41-24/h2-8,13-14,22,24H,9-12,15-19H2,1H3,(H,38,39)/t22?,24-,32?/m0/s1. The summed E-state index contributed by atoms with van der Waals surface area (Å²) in [6.07, 6.45) is 3.29. The number of pyridine rings is 1. The molecule has 218 valence electrons. The third-order valence-corrected chi connectivity index (χ3v) is 9.30. The zero-order valence-corrected chi connectivity index (χ0v) is 24.2. The molecule has 0 amide bonds. The first-order valence-corrected chi connectivity index (χ1v) is 14.8. The number of carboxylic acids is 1. The Morgan fingerprint density at radius 2 is 2.07 bits per heavy atom. The van der Waals surface area contributed by atoms with Gasteiger partial charge in [0.15, 0.2) is 0 Å². The Hall–Kier alpha value is -3.66. The van der Waals surface area contributed by atoms with Crippen LogP contribution >= 0.6 is 11.6 Å². The molecule has 3 atom stereocenters. The summed E-state index contributed by atoms with van der Waals surface area (Å²) in [5.41, 5.74) is 4.06. The summed E-state index contributed by atoms with van der Waals surface area (Å²) < 4.78 is 19.4. The molecule has 0 bridgehead atoms. The number of halogens is 1. The number of fused-ring (bicyclic) bond motifs is 2. The Morgan fingerprint density at radius 3 is 2.83 bits per heavy atom. The van der Waals surface area contributed by atoms with Gasteiger partial charge < -0.3 is 23.9 Å². The first-order chi connectivity index (χ1) is 20.4. The highest BCUT2D eigenvalue weighted by Crippen LogP contribution is 2.59. The van der Waals surface area contributed by atoms with Gasteiger partial charge >= 0.3 is 5.97 Å². The molecular weight excluding hydrogens is 556 g/mol. The second-order valence-electron chi connectivity index (χ2n) is 11.6. The molecule has 2 aliphatic heterocycles. The highest BCUT2D eigenvalue weighted by Gasteiger charge is 2.58. The number of carboxylic acid groups (broad SMARTS) is 1. The van der Waals surface area contributed by atoms with E-state index in [0.717, 1.165) is 73.6 Å². The normalized spacial score (nSPS) is 23.3. The number of piperidine rings is 1. The first kappa shape index (κ1) is 27.2. The van der Waals surface area contributed by atoms with Crippen LogP contribution in [-0.4, -0.2) is 63.4 Å². The molecule has 3 aliphatic rings. The fourth-order valence-corrected chi connectivity index (χ4v) is 6.66. The number of benzene rings is 2. The SMILES string of the molecule is COc1cc(Cl)ccc1COc1cccc(C23CCN(Cc4nc5ccc(C(=O)O)cc5n4C[C@@H]4CCO4)CC2C3)n1. The first-order valence-electron chi connectivity index (χ1n) is 14.4. The van der Waals surface area contributed by atoms with Crippen molar-refractivity contribution in [3.8, 4) is 11.6 Å². The Morgan fingerprint density at radius 1 is 1.19 bits per heavy atom. The predicted octanol–water partition coefficient (Wildman–Crippen LogP) is 5.32. The number of likely N-dealkylation sites (tertiary alicyclic amines) is 1. The topological polar surface area (TPSA) is 98.9 Å². The minimum atomic E-state index is -0.931. The summed E-state index contributed by atoms with van der Waals surface area (Å²) in [5.74, 6) is 1.86. The van der Waals surface area contributed by atoms with E-state index in [4.69, 9.17) is 35.8 Å². The van der Waals surface area contributed by atoms with E-state index in [2.05, 4.69) is 15.5 Å². The van der Waals surface area contributed by atoms with Gasteiger partial charge in [-0.3, -0.25) is 4.90 Å². The summed E-state index contributed by atoms with van der Waals surface area (Å²) in [5, 5.41) is 10.2. The van der Waals surface area contributed by atoms with E-state index in [1.807, 2.05) is 30.3 Å². The maximum Gasteiger partial charge on any atom is 0.335 e. The molecule has 2 unspecified atom stereocenters. The van der Waals surface area contributed by atoms with E-state index < -0.39 is 5.97 Å². The molecule has 9 nitrogen and oxygen atoms in total. The Balaban J connectivity index is 1.04. The van der Waals surface area contributed by atoms with Gasteiger partial charge in [0.2, 0.25) is 5.88 Å². The van der Waals surface area contributed by atoms with Crippen LogP contribution in [0.5, 0.6) is 11.6 Å². The van der Waals surface area contributed by atoms with Crippen LogP contribution in [0.4, 0.5) is 0 Å². The van der Waals surface area contributed by atoms with Gasteiger partial charge in [0, 0.05) is 35.2 Å². The number of methoxy groups -OCH3 is 1. The lowest BCUT2D eigenvalue weighted by Crippen LogP contribution is -2.37. The van der Waals surface area contributed by atoms with Crippen LogP contribution in [0.2, 0.25) is 5.02 Å². The maximum atomic E-state index is 11.6. The van der Waals surface area contributed by atoms with Crippen molar-refractivity contribution >= 4 is 28.6 Å². The number of ether oxygens (including phenoxy) is 3. The summed E-state index contributed by atoms with van der Waals surface area (Å²) in [6, 6.07) is 16.8. The van der Waals surface area contributed by atoms with Crippen LogP contribution in [0.25, 0.3) is 11.0 Å². The minimum Gasteiger partial charge on any atom is -0.496 e. The van der Waals surface area contributed by atoms with E-state index in [1.165, 1.54) is 0 Å². The molecule has 0 radical (unpaired) electrons. The highest BCUT2D eigenvalue weighted by molar-refractivity contribution is 6.30. The molecule has 2 aromatic carbocycles. The molecule has 4 heterocycles. The van der Waals surface area contributed by atoms with Crippen molar-refractivity contribution in [1.82, 2.24) is 19.4 Å². The highest BCUT2D eigenvalue weighted by atomic mass is 35.5. The van der Waals surface area contributed by atoms with Crippen molar-refractivity contribution in [2.45, 2.75) is 50.5 Å². The molecular formula is C32H33ClN4O5. The maximum absolute atomic E-state index is 11.6. The number of aromatic nitrogens is 3. The molecule has 3 fully saturated rings. The number of hydrogen-bond donors (Lipinski definition) is 1. The van der Waals surface area contributed by atoms with Gasteiger partial charge in [-0.2, -0.15) is 0 Å². The van der Waals surface area contributed by atoms with E-state index in [9.17, 15) is 9.90 Å². The molecule has 42 heavy (non-hydrogen) atoms. The van der Waals surface area contributed by atoms with Crippen LogP contribution < -0.4 is 9.47 Å². The van der Waals surface area contributed by atoms with E-state index in [1.54, 1.807) is 25.3 Å². The largest absolute Gasteiger partial charge is 0.496 e. The molecule has 10 heteroatoms. The molecule has 2 aromatic heterocycles. The molecule has 7 rings (SSSR count). The van der Waals surface area contributed by atoms with Crippen molar-refractivity contribution in [3.05, 3.63) is 82.3 Å². The van der Waals surface area contributed by atoms with E-state index in [0.29, 0.717) is 35.7 Å². The molecule has 2 saturated heterocycles. The Bertz CT molecular complexity index is 1650. The lowest BCUT2D eigenvalue weighted by atomic mass is 9.91. The molecule has 4 aromatic rings. The second kappa shape index (κ2) is 10.9. The monoisotopic (exact) mass is 588 g/mol. The number of aromatic carboxylic acids is 1. The lowest BCUT2D eigenvalue weighted by Gasteiger charge is -2.32. The average molecular weight is 589 g/mol. The number of hydrogen-bond acceptors (Lipinski definition) is 7. The average Bonchev–Trinajstić information content (AvgIpc) is 3.62. The van der Waals surface area contributed by atoms with Gasteiger partial charge in [-0.15, -0.1) is 0 Å². The fourth-order valence-electron chi connectivity index (χ4n) is 6.50. The Labute approximate surface area is 249 Å².